The molecule has 2 saturated heterocycles. The van der Waals surface area contributed by atoms with Gasteiger partial charge in [0.15, 0.2) is 5.78 Å². The number of ketones is 1. The van der Waals surface area contributed by atoms with Gasteiger partial charge in [-0.25, -0.2) is 0 Å². The predicted octanol–water partition coefficient (Wildman–Crippen LogP) is 5.93. The number of fused-ring (bicyclic) bond motifs is 1. The second-order valence-electron chi connectivity index (χ2n) is 17.7. The fraction of sp³-hybridized carbons (Fsp3) is 0.490. The molecule has 5 atom stereocenters. The van der Waals surface area contributed by atoms with Gasteiger partial charge in [0.25, 0.3) is 8.32 Å². The van der Waals surface area contributed by atoms with Crippen LogP contribution in [0.3, 0.4) is 0 Å². The number of amides is 4. The molecule has 0 aliphatic carbocycles. The third-order valence-electron chi connectivity index (χ3n) is 12.1. The maximum absolute atomic E-state index is 14.2. The van der Waals surface area contributed by atoms with Gasteiger partial charge in [-0.15, -0.1) is 0 Å². The summed E-state index contributed by atoms with van der Waals surface area (Å²) in [6, 6.07) is 25.2. The highest BCUT2D eigenvalue weighted by Crippen LogP contribution is 2.37. The molecule has 3 aromatic rings. The summed E-state index contributed by atoms with van der Waals surface area (Å²) in [7, 11) is -2.95. The van der Waals surface area contributed by atoms with Gasteiger partial charge in [-0.1, -0.05) is 120 Å². The fourth-order valence-electron chi connectivity index (χ4n) is 8.30. The summed E-state index contributed by atoms with van der Waals surface area (Å²) in [6.07, 6.45) is 7.31. The maximum atomic E-state index is 14.2. The predicted molar refractivity (Wildman–Crippen MR) is 242 cm³/mol. The molecule has 0 bridgehead atoms. The van der Waals surface area contributed by atoms with Crippen molar-refractivity contribution in [1.82, 2.24) is 20.9 Å². The van der Waals surface area contributed by atoms with Crippen LogP contribution in [0.5, 0.6) is 5.75 Å². The molecule has 61 heavy (non-hydrogen) atoms. The van der Waals surface area contributed by atoms with E-state index in [2.05, 4.69) is 67.9 Å². The Balaban J connectivity index is 1.27. The van der Waals surface area contributed by atoms with Gasteiger partial charge in [0.1, 0.15) is 35.5 Å². The quantitative estimate of drug-likeness (QED) is 0.0869. The van der Waals surface area contributed by atoms with Gasteiger partial charge in [-0.2, -0.15) is 0 Å². The van der Waals surface area contributed by atoms with Crippen LogP contribution in [-0.4, -0.2) is 85.5 Å². The van der Waals surface area contributed by atoms with Crippen molar-refractivity contribution < 1.29 is 33.1 Å². The number of hydrogen-bond acceptors (Lipinski definition) is 7. The Morgan fingerprint density at radius 2 is 1.52 bits per heavy atom. The second kappa shape index (κ2) is 21.1. The Hall–Kier alpha value is -5.07. The summed E-state index contributed by atoms with van der Waals surface area (Å²) in [4.78, 5) is 71.3. The molecule has 12 heteroatoms. The van der Waals surface area contributed by atoms with Crippen molar-refractivity contribution in [3.05, 3.63) is 103 Å². The van der Waals surface area contributed by atoms with E-state index in [-0.39, 0.29) is 36.0 Å². The van der Waals surface area contributed by atoms with Crippen LogP contribution in [-0.2, 0) is 34.8 Å². The molecule has 0 spiro atoms. The monoisotopic (exact) mass is 850 g/mol. The largest absolute Gasteiger partial charge is 0.494 e. The lowest BCUT2D eigenvalue weighted by atomic mass is 9.94. The maximum Gasteiger partial charge on any atom is 0.262 e. The van der Waals surface area contributed by atoms with Gasteiger partial charge >= 0.3 is 0 Å². The second-order valence-corrected chi connectivity index (χ2v) is 21.9. The van der Waals surface area contributed by atoms with Gasteiger partial charge in [0.05, 0.1) is 6.61 Å². The molecule has 2 heterocycles. The van der Waals surface area contributed by atoms with Crippen molar-refractivity contribution in [2.24, 2.45) is 0 Å². The Bertz CT molecular complexity index is 1950. The van der Waals surface area contributed by atoms with Crippen molar-refractivity contribution in [3.63, 3.8) is 0 Å². The van der Waals surface area contributed by atoms with E-state index in [1.165, 1.54) is 0 Å². The van der Waals surface area contributed by atoms with E-state index in [4.69, 9.17) is 9.16 Å². The third kappa shape index (κ3) is 11.4. The minimum atomic E-state index is -2.95. The van der Waals surface area contributed by atoms with Crippen molar-refractivity contribution >= 4 is 48.1 Å². The molecular formula is C49H66N4O7Si. The summed E-state index contributed by atoms with van der Waals surface area (Å²) in [5.74, 6) is -1.12. The lowest BCUT2D eigenvalue weighted by molar-refractivity contribution is -0.144. The number of nitrogens with zero attached hydrogens (tertiary/aromatic N) is 1. The lowest BCUT2D eigenvalue weighted by Crippen LogP contribution is -2.68. The van der Waals surface area contributed by atoms with Crippen molar-refractivity contribution in [3.8, 4) is 5.75 Å². The molecule has 0 saturated carbocycles. The third-order valence-corrected chi connectivity index (χ3v) is 17.2. The van der Waals surface area contributed by atoms with Crippen LogP contribution < -0.4 is 31.1 Å². The molecule has 2 fully saturated rings. The van der Waals surface area contributed by atoms with Crippen molar-refractivity contribution in [1.29, 1.82) is 0 Å². The van der Waals surface area contributed by atoms with Gasteiger partial charge in [-0.05, 0) is 98.0 Å². The van der Waals surface area contributed by atoms with Crippen LogP contribution in [0.15, 0.2) is 97.1 Å². The number of benzene rings is 3. The van der Waals surface area contributed by atoms with Gasteiger partial charge in [-0.3, -0.25) is 24.0 Å². The van der Waals surface area contributed by atoms with Crippen LogP contribution in [0, 0.1) is 0 Å². The Morgan fingerprint density at radius 1 is 0.885 bits per heavy atom. The molecule has 3 N–H and O–H groups in total. The Morgan fingerprint density at radius 3 is 2.11 bits per heavy atom. The van der Waals surface area contributed by atoms with E-state index >= 15 is 0 Å². The van der Waals surface area contributed by atoms with Crippen LogP contribution >= 0.6 is 0 Å². The molecule has 3 aromatic carbocycles. The molecule has 0 radical (unpaired) electrons. The first-order chi connectivity index (χ1) is 29.1. The van der Waals surface area contributed by atoms with Gasteiger partial charge in [0, 0.05) is 13.0 Å². The lowest BCUT2D eigenvalue weighted by Gasteiger charge is -2.44. The molecule has 4 amide bonds. The summed E-state index contributed by atoms with van der Waals surface area (Å²) >= 11 is 0. The minimum absolute atomic E-state index is 0.160. The summed E-state index contributed by atoms with van der Waals surface area (Å²) in [5, 5.41) is 10.7. The highest BCUT2D eigenvalue weighted by atomic mass is 28.4. The summed E-state index contributed by atoms with van der Waals surface area (Å²) in [5.41, 5.74) is -0.528. The molecule has 0 unspecified atom stereocenters. The minimum Gasteiger partial charge on any atom is -0.494 e. The number of carbonyl (C=O) groups excluding carboxylic acids is 5. The fourth-order valence-corrected chi connectivity index (χ4v) is 13.0. The molecule has 11 nitrogen and oxygen atoms in total. The normalized spacial score (nSPS) is 22.1. The van der Waals surface area contributed by atoms with Gasteiger partial charge < -0.3 is 30.0 Å². The molecule has 5 rings (SSSR count). The van der Waals surface area contributed by atoms with E-state index < -0.39 is 55.8 Å². The smallest absolute Gasteiger partial charge is 0.262 e. The van der Waals surface area contributed by atoms with Gasteiger partial charge in [0.2, 0.25) is 23.6 Å². The highest BCUT2D eigenvalue weighted by Gasteiger charge is 2.51. The Kier molecular flexibility index (Phi) is 16.3. The zero-order valence-corrected chi connectivity index (χ0v) is 38.1. The number of ether oxygens (including phenoxy) is 1. The molecule has 0 aromatic heterocycles. The summed E-state index contributed by atoms with van der Waals surface area (Å²) in [6.45, 7) is 14.8. The highest BCUT2D eigenvalue weighted by molar-refractivity contribution is 6.99. The number of unbranched alkanes of at least 4 members (excludes halogenated alkanes) is 2. The first-order valence-electron chi connectivity index (χ1n) is 22.1. The molecule has 2 aliphatic rings. The van der Waals surface area contributed by atoms with Crippen LogP contribution in [0.4, 0.5) is 0 Å². The van der Waals surface area contributed by atoms with E-state index in [9.17, 15) is 24.0 Å². The van der Waals surface area contributed by atoms with Crippen LogP contribution in [0.25, 0.3) is 0 Å². The average Bonchev–Trinajstić information content (AvgIpc) is 3.75. The first kappa shape index (κ1) is 47.0. The van der Waals surface area contributed by atoms with Crippen molar-refractivity contribution in [2.75, 3.05) is 13.2 Å². The summed E-state index contributed by atoms with van der Waals surface area (Å²) < 4.78 is 12.8. The average molecular weight is 851 g/mol. The standard InChI is InChI=1S/C49H66N4O7Si/c1-8-10-33-59-37-30-28-36(29-31-37)34-41-46(57)53-32-20-26-42(53)45(56)50-40(44(55)52-49(7,9-2)47(58)51-41)25-18-13-19-27-43(54)35(3)60-61(48(4,5)6,38-21-14-11-15-22-38)39-23-16-12-17-24-39/h11-12,14-17,19,21-24,27-31,35,40-42H,8-10,13,18,20,25-26,32-34H2,1-7H3,(H,50,56)(H,51,58)(H,52,55)/b27-19+/t35-,40-,41-,42+,49-/m0/s1. The van der Waals surface area contributed by atoms with E-state index in [0.29, 0.717) is 38.8 Å². The van der Waals surface area contributed by atoms with Crippen LogP contribution in [0.1, 0.15) is 105 Å². The molecular weight excluding hydrogens is 785 g/mol. The molecule has 328 valence electrons. The zero-order chi connectivity index (χ0) is 44.2. The van der Waals surface area contributed by atoms with E-state index in [1.807, 2.05) is 60.7 Å². The SMILES string of the molecule is CCCCOc1ccc(C[C@@H]2NC(=O)[C@](C)(CC)NC(=O)[C@H](CCC/C=C/C(=O)[C@H](C)O[Si](c3ccccc3)(c3ccccc3)C(C)(C)C)NC(=O)[C@H]3CCCN3C2=O)cc1. The zero-order valence-electron chi connectivity index (χ0n) is 37.1. The van der Waals surface area contributed by atoms with E-state index in [1.54, 1.807) is 37.8 Å². The number of carbonyl (C=O) groups is 5. The Labute approximate surface area is 363 Å². The topological polar surface area (TPSA) is 143 Å². The number of hydrogen-bond donors (Lipinski definition) is 3. The number of allylic oxidation sites excluding steroid dienone is 1. The van der Waals surface area contributed by atoms with Crippen molar-refractivity contribution in [2.45, 2.75) is 141 Å². The molecule has 2 aliphatic heterocycles. The number of nitrogens with one attached hydrogen (secondary N) is 3. The first-order valence-corrected chi connectivity index (χ1v) is 24.0. The van der Waals surface area contributed by atoms with E-state index in [0.717, 1.165) is 34.5 Å². The van der Waals surface area contributed by atoms with Crippen LogP contribution in [0.2, 0.25) is 5.04 Å². The number of rotatable bonds is 17.